The number of carboxylic acids is 1. The maximum atomic E-state index is 10.9. The monoisotopic (exact) mass is 371 g/mol. The number of hydrogen-bond acceptors (Lipinski definition) is 3. The van der Waals surface area contributed by atoms with E-state index in [1.54, 1.807) is 0 Å². The van der Waals surface area contributed by atoms with E-state index in [1.165, 1.54) is 44.9 Å². The molecule has 4 heteroatoms. The smallest absolute Gasteiger partial charge is 0.105 e. The Kier molecular flexibility index (Phi) is 16.2. The number of aliphatic hydroxyl groups is 1. The Morgan fingerprint density at radius 1 is 0.808 bits per heavy atom. The van der Waals surface area contributed by atoms with Crippen molar-refractivity contribution in [2.24, 2.45) is 0 Å². The molecule has 1 atom stereocenters. The van der Waals surface area contributed by atoms with Gasteiger partial charge in [0.2, 0.25) is 0 Å². The highest BCUT2D eigenvalue weighted by atomic mass is 16.4. The van der Waals surface area contributed by atoms with Crippen molar-refractivity contribution in [2.45, 2.75) is 110 Å². The summed E-state index contributed by atoms with van der Waals surface area (Å²) < 4.78 is 0.891. The molecule has 0 amide bonds. The van der Waals surface area contributed by atoms with Gasteiger partial charge >= 0.3 is 0 Å². The van der Waals surface area contributed by atoms with Gasteiger partial charge in [-0.05, 0) is 38.5 Å². The van der Waals surface area contributed by atoms with E-state index in [2.05, 4.69) is 20.8 Å². The first-order valence-corrected chi connectivity index (χ1v) is 11.2. The third kappa shape index (κ3) is 13.6. The maximum Gasteiger partial charge on any atom is 0.105 e. The van der Waals surface area contributed by atoms with Crippen molar-refractivity contribution in [3.63, 3.8) is 0 Å². The molecular weight excluding hydrogens is 326 g/mol. The zero-order chi connectivity index (χ0) is 19.7. The number of hydrogen-bond donors (Lipinski definition) is 1. The van der Waals surface area contributed by atoms with Gasteiger partial charge in [0, 0.05) is 12.4 Å². The van der Waals surface area contributed by atoms with Gasteiger partial charge < -0.3 is 19.5 Å². The van der Waals surface area contributed by atoms with Crippen molar-refractivity contribution in [3.8, 4) is 0 Å². The second kappa shape index (κ2) is 16.6. The van der Waals surface area contributed by atoms with E-state index in [-0.39, 0.29) is 12.5 Å². The average molecular weight is 372 g/mol. The first-order chi connectivity index (χ1) is 12.5. The van der Waals surface area contributed by atoms with E-state index in [9.17, 15) is 15.0 Å². The summed E-state index contributed by atoms with van der Waals surface area (Å²) in [6.45, 7) is 10.4. The average Bonchev–Trinajstić information content (AvgIpc) is 2.59. The summed E-state index contributed by atoms with van der Waals surface area (Å²) in [6.07, 6.45) is 13.3. The molecule has 26 heavy (non-hydrogen) atoms. The van der Waals surface area contributed by atoms with Crippen LogP contribution in [0.1, 0.15) is 104 Å². The molecule has 0 rings (SSSR count). The number of nitrogens with zero attached hydrogens (tertiary/aromatic N) is 1. The molecule has 0 aliphatic carbocycles. The van der Waals surface area contributed by atoms with Crippen molar-refractivity contribution in [1.29, 1.82) is 0 Å². The third-order valence-electron chi connectivity index (χ3n) is 5.47. The van der Waals surface area contributed by atoms with Gasteiger partial charge in [-0.1, -0.05) is 59.3 Å². The topological polar surface area (TPSA) is 60.4 Å². The Balaban J connectivity index is 4.83. The number of quaternary nitrogens is 1. The quantitative estimate of drug-likeness (QED) is 0.275. The van der Waals surface area contributed by atoms with E-state index in [0.29, 0.717) is 6.42 Å². The highest BCUT2D eigenvalue weighted by Gasteiger charge is 2.29. The molecule has 0 aromatic heterocycles. The van der Waals surface area contributed by atoms with Crippen molar-refractivity contribution in [1.82, 2.24) is 0 Å². The fourth-order valence-corrected chi connectivity index (χ4v) is 3.91. The van der Waals surface area contributed by atoms with Gasteiger partial charge in [0.25, 0.3) is 0 Å². The first kappa shape index (κ1) is 25.4. The second-order valence-electron chi connectivity index (χ2n) is 8.09. The molecule has 0 aliphatic heterocycles. The van der Waals surface area contributed by atoms with Crippen LogP contribution in [0.3, 0.4) is 0 Å². The summed E-state index contributed by atoms with van der Waals surface area (Å²) in [6, 6.07) is 0. The van der Waals surface area contributed by atoms with Crippen molar-refractivity contribution in [3.05, 3.63) is 0 Å². The first-order valence-electron chi connectivity index (χ1n) is 11.2. The molecule has 0 aromatic rings. The number of unbranched alkanes of at least 4 members (excludes halogenated alkanes) is 7. The Labute approximate surface area is 162 Å². The minimum Gasteiger partial charge on any atom is -0.550 e. The van der Waals surface area contributed by atoms with Gasteiger partial charge in [-0.25, -0.2) is 0 Å². The number of carbonyl (C=O) groups excluding carboxylic acids is 1. The van der Waals surface area contributed by atoms with Crippen LogP contribution in [0.5, 0.6) is 0 Å². The van der Waals surface area contributed by atoms with E-state index >= 15 is 0 Å². The van der Waals surface area contributed by atoms with Gasteiger partial charge in [-0.15, -0.1) is 0 Å². The number of carbonyl (C=O) groups is 1. The van der Waals surface area contributed by atoms with E-state index in [4.69, 9.17) is 0 Å². The fourth-order valence-electron chi connectivity index (χ4n) is 3.91. The summed E-state index contributed by atoms with van der Waals surface area (Å²) in [5.41, 5.74) is 0. The van der Waals surface area contributed by atoms with Crippen LogP contribution in [-0.4, -0.2) is 47.8 Å². The van der Waals surface area contributed by atoms with E-state index in [1.807, 2.05) is 0 Å². The summed E-state index contributed by atoms with van der Waals surface area (Å²) in [5, 5.41) is 21.5. The van der Waals surface area contributed by atoms with Gasteiger partial charge in [-0.3, -0.25) is 0 Å². The minimum atomic E-state index is -0.953. The lowest BCUT2D eigenvalue weighted by molar-refractivity contribution is -0.931. The van der Waals surface area contributed by atoms with Crippen LogP contribution in [0, 0.1) is 0 Å². The molecular formula is C22H45NO3. The molecule has 156 valence electrons. The summed E-state index contributed by atoms with van der Waals surface area (Å²) in [7, 11) is 0. The molecule has 0 aliphatic rings. The van der Waals surface area contributed by atoms with E-state index < -0.39 is 5.97 Å². The third-order valence-corrected chi connectivity index (χ3v) is 5.47. The summed E-state index contributed by atoms with van der Waals surface area (Å²) >= 11 is 0. The standard InChI is InChI=1S/C22H45NO3/c1-4-7-10-11-15-21(24)20-23(17-12-8-5-2,18-13-9-6-3)19-14-16-22(25)26/h21,24H,4-20H2,1-3H3. The molecule has 1 unspecified atom stereocenters. The number of rotatable bonds is 19. The summed E-state index contributed by atoms with van der Waals surface area (Å²) in [4.78, 5) is 10.9. The molecule has 1 N–H and O–H groups in total. The molecule has 4 nitrogen and oxygen atoms in total. The Hall–Kier alpha value is -0.610. The molecule has 0 fully saturated rings. The fraction of sp³-hybridized carbons (Fsp3) is 0.955. The Morgan fingerprint density at radius 2 is 1.31 bits per heavy atom. The Bertz CT molecular complexity index is 323. The molecule has 0 aromatic carbocycles. The van der Waals surface area contributed by atoms with Crippen LogP contribution in [0.2, 0.25) is 0 Å². The minimum absolute atomic E-state index is 0.133. The maximum absolute atomic E-state index is 10.9. The second-order valence-corrected chi connectivity index (χ2v) is 8.09. The van der Waals surface area contributed by atoms with Crippen LogP contribution in [0.15, 0.2) is 0 Å². The summed E-state index contributed by atoms with van der Waals surface area (Å²) in [5.74, 6) is -0.953. The van der Waals surface area contributed by atoms with Crippen LogP contribution < -0.4 is 5.11 Å². The van der Waals surface area contributed by atoms with Crippen molar-refractivity contribution in [2.75, 3.05) is 26.2 Å². The van der Waals surface area contributed by atoms with Crippen LogP contribution in [0.25, 0.3) is 0 Å². The van der Waals surface area contributed by atoms with Crippen molar-refractivity contribution >= 4 is 5.97 Å². The van der Waals surface area contributed by atoms with Crippen LogP contribution in [0.4, 0.5) is 0 Å². The van der Waals surface area contributed by atoms with Gasteiger partial charge in [-0.2, -0.15) is 0 Å². The molecule has 0 heterocycles. The highest BCUT2D eigenvalue weighted by Crippen LogP contribution is 2.19. The molecule has 0 spiro atoms. The highest BCUT2D eigenvalue weighted by molar-refractivity contribution is 5.64. The van der Waals surface area contributed by atoms with Gasteiger partial charge in [0.15, 0.2) is 0 Å². The van der Waals surface area contributed by atoms with Crippen LogP contribution >= 0.6 is 0 Å². The van der Waals surface area contributed by atoms with Crippen LogP contribution in [-0.2, 0) is 4.79 Å². The predicted molar refractivity (Wildman–Crippen MR) is 108 cm³/mol. The molecule has 0 saturated carbocycles. The molecule has 0 radical (unpaired) electrons. The van der Waals surface area contributed by atoms with Gasteiger partial charge in [0.05, 0.1) is 19.6 Å². The predicted octanol–water partition coefficient (Wildman–Crippen LogP) is 4.05. The zero-order valence-corrected chi connectivity index (χ0v) is 17.8. The lowest BCUT2D eigenvalue weighted by Crippen LogP contribution is -2.54. The number of carboxylic acid groups (broad SMARTS) is 1. The lowest BCUT2D eigenvalue weighted by Gasteiger charge is -2.41. The van der Waals surface area contributed by atoms with E-state index in [0.717, 1.165) is 56.3 Å². The number of aliphatic hydroxyl groups excluding tert-OH is 1. The largest absolute Gasteiger partial charge is 0.550 e. The Morgan fingerprint density at radius 3 is 1.81 bits per heavy atom. The molecule has 0 saturated heterocycles. The molecule has 0 bridgehead atoms. The van der Waals surface area contributed by atoms with Crippen molar-refractivity contribution < 1.29 is 19.5 Å². The number of aliphatic carboxylic acids is 1. The zero-order valence-electron chi connectivity index (χ0n) is 17.8. The normalized spacial score (nSPS) is 13.1. The SMILES string of the molecule is CCCCCCC(O)C[N+](CCCCC)(CCCCC)CCCC(=O)[O-]. The lowest BCUT2D eigenvalue weighted by atomic mass is 10.1. The van der Waals surface area contributed by atoms with Gasteiger partial charge in [0.1, 0.15) is 12.6 Å².